The molecule has 0 bridgehead atoms. The van der Waals surface area contributed by atoms with Gasteiger partial charge in [0, 0.05) is 19.6 Å². The van der Waals surface area contributed by atoms with Crippen LogP contribution in [0.15, 0.2) is 0 Å². The molecule has 7 heteroatoms. The normalized spacial score (nSPS) is 18.9. The summed E-state index contributed by atoms with van der Waals surface area (Å²) >= 11 is 1.39. The second kappa shape index (κ2) is 7.19. The summed E-state index contributed by atoms with van der Waals surface area (Å²) in [7, 11) is 0. The molecule has 6 nitrogen and oxygen atoms in total. The molecule has 0 aliphatic carbocycles. The Hall–Kier alpha value is -1.47. The first kappa shape index (κ1) is 16.9. The molecule has 1 N–H and O–H groups in total. The molecule has 1 aliphatic heterocycles. The fourth-order valence-electron chi connectivity index (χ4n) is 2.45. The van der Waals surface area contributed by atoms with Gasteiger partial charge < -0.3 is 15.0 Å². The van der Waals surface area contributed by atoms with E-state index in [0.717, 1.165) is 17.2 Å². The summed E-state index contributed by atoms with van der Waals surface area (Å²) in [4.78, 5) is 30.7. The number of rotatable bonds is 5. The molecule has 0 saturated carbocycles. The van der Waals surface area contributed by atoms with Crippen molar-refractivity contribution in [1.82, 2.24) is 15.2 Å². The molecule has 2 amide bonds. The van der Waals surface area contributed by atoms with Crippen molar-refractivity contribution in [2.24, 2.45) is 5.92 Å². The number of nitrogens with zero attached hydrogens (tertiary/aromatic N) is 2. The quantitative estimate of drug-likeness (QED) is 0.887. The van der Waals surface area contributed by atoms with Gasteiger partial charge in [-0.15, -0.1) is 11.3 Å². The third-order valence-electron chi connectivity index (χ3n) is 3.40. The molecule has 2 rings (SSSR count). The highest BCUT2D eigenvalue weighted by Crippen LogP contribution is 2.17. The minimum absolute atomic E-state index is 0.0187. The molecule has 0 radical (unpaired) electrons. The van der Waals surface area contributed by atoms with E-state index >= 15 is 0 Å². The Morgan fingerprint density at radius 2 is 2.23 bits per heavy atom. The van der Waals surface area contributed by atoms with Crippen LogP contribution < -0.4 is 5.32 Å². The van der Waals surface area contributed by atoms with Crippen molar-refractivity contribution < 1.29 is 14.3 Å². The molecular weight excluding hydrogens is 302 g/mol. The third-order valence-corrected chi connectivity index (χ3v) is 4.48. The third kappa shape index (κ3) is 4.27. The number of carbonyl (C=O) groups excluding carboxylic acids is 2. The van der Waals surface area contributed by atoms with E-state index in [1.807, 2.05) is 18.7 Å². The summed E-state index contributed by atoms with van der Waals surface area (Å²) in [6.45, 7) is 9.61. The van der Waals surface area contributed by atoms with E-state index in [2.05, 4.69) is 24.1 Å². The number of ether oxygens (including phenoxy) is 1. The van der Waals surface area contributed by atoms with Gasteiger partial charge in [-0.05, 0) is 19.8 Å². The maximum atomic E-state index is 12.2. The highest BCUT2D eigenvalue weighted by atomic mass is 32.1. The zero-order valence-corrected chi connectivity index (χ0v) is 14.3. The number of nitrogens with one attached hydrogen (secondary N) is 1. The average Bonchev–Trinajstić information content (AvgIpc) is 2.78. The van der Waals surface area contributed by atoms with Gasteiger partial charge in [0.1, 0.15) is 11.5 Å². The van der Waals surface area contributed by atoms with Crippen molar-refractivity contribution in [2.45, 2.75) is 33.8 Å². The van der Waals surface area contributed by atoms with Crippen molar-refractivity contribution in [3.63, 3.8) is 0 Å². The molecule has 0 spiro atoms. The Balaban J connectivity index is 1.87. The van der Waals surface area contributed by atoms with Crippen LogP contribution in [0.3, 0.4) is 0 Å². The Bertz CT molecular complexity index is 556. The first-order valence-electron chi connectivity index (χ1n) is 7.48. The van der Waals surface area contributed by atoms with Gasteiger partial charge in [-0.2, -0.15) is 0 Å². The zero-order chi connectivity index (χ0) is 16.3. The number of thiazole rings is 1. The van der Waals surface area contributed by atoms with E-state index in [0.29, 0.717) is 23.9 Å². The SMILES string of the molecule is Cc1nc(C)c(C(=O)NCC2CN(CC(C)C)C(=O)CO2)s1. The Morgan fingerprint density at radius 3 is 2.82 bits per heavy atom. The minimum atomic E-state index is -0.158. The van der Waals surface area contributed by atoms with Gasteiger partial charge in [0.15, 0.2) is 0 Å². The summed E-state index contributed by atoms with van der Waals surface area (Å²) in [5.41, 5.74) is 0.751. The lowest BCUT2D eigenvalue weighted by Crippen LogP contribution is -2.51. The van der Waals surface area contributed by atoms with Gasteiger partial charge in [0.05, 0.1) is 16.8 Å². The maximum absolute atomic E-state index is 12.2. The number of amides is 2. The highest BCUT2D eigenvalue weighted by molar-refractivity contribution is 7.13. The van der Waals surface area contributed by atoms with Crippen LogP contribution in [0.25, 0.3) is 0 Å². The van der Waals surface area contributed by atoms with Crippen LogP contribution in [0.5, 0.6) is 0 Å². The van der Waals surface area contributed by atoms with Crippen LogP contribution in [-0.2, 0) is 9.53 Å². The molecule has 22 heavy (non-hydrogen) atoms. The average molecular weight is 325 g/mol. The number of carbonyl (C=O) groups is 2. The predicted octanol–water partition coefficient (Wildman–Crippen LogP) is 1.37. The van der Waals surface area contributed by atoms with E-state index in [9.17, 15) is 9.59 Å². The second-order valence-electron chi connectivity index (χ2n) is 5.98. The van der Waals surface area contributed by atoms with Crippen molar-refractivity contribution in [1.29, 1.82) is 0 Å². The number of morpholine rings is 1. The van der Waals surface area contributed by atoms with Gasteiger partial charge in [0.2, 0.25) is 5.91 Å². The predicted molar refractivity (Wildman–Crippen MR) is 85.1 cm³/mol. The first-order chi connectivity index (χ1) is 10.4. The van der Waals surface area contributed by atoms with Gasteiger partial charge in [-0.3, -0.25) is 9.59 Å². The smallest absolute Gasteiger partial charge is 0.263 e. The van der Waals surface area contributed by atoms with Crippen LogP contribution in [0, 0.1) is 19.8 Å². The number of hydrogen-bond donors (Lipinski definition) is 1. The second-order valence-corrected chi connectivity index (χ2v) is 7.19. The Kier molecular flexibility index (Phi) is 5.52. The molecule has 1 fully saturated rings. The summed E-state index contributed by atoms with van der Waals surface area (Å²) < 4.78 is 5.51. The molecule has 0 aromatic carbocycles. The van der Waals surface area contributed by atoms with Crippen LogP contribution in [0.2, 0.25) is 0 Å². The zero-order valence-electron chi connectivity index (χ0n) is 13.5. The van der Waals surface area contributed by atoms with Gasteiger partial charge in [-0.1, -0.05) is 13.8 Å². The molecule has 2 heterocycles. The molecule has 1 unspecified atom stereocenters. The van der Waals surface area contributed by atoms with E-state index in [-0.39, 0.29) is 24.5 Å². The lowest BCUT2D eigenvalue weighted by Gasteiger charge is -2.33. The number of aryl methyl sites for hydroxylation is 2. The van der Waals surface area contributed by atoms with Crippen LogP contribution in [0.4, 0.5) is 0 Å². The molecule has 1 aliphatic rings. The van der Waals surface area contributed by atoms with Crippen molar-refractivity contribution in [2.75, 3.05) is 26.2 Å². The van der Waals surface area contributed by atoms with Crippen LogP contribution >= 0.6 is 11.3 Å². The van der Waals surface area contributed by atoms with E-state index in [4.69, 9.17) is 4.74 Å². The summed E-state index contributed by atoms with van der Waals surface area (Å²) in [5, 5.41) is 3.76. The van der Waals surface area contributed by atoms with Gasteiger partial charge in [0.25, 0.3) is 5.91 Å². The van der Waals surface area contributed by atoms with Crippen molar-refractivity contribution in [3.05, 3.63) is 15.6 Å². The monoisotopic (exact) mass is 325 g/mol. The largest absolute Gasteiger partial charge is 0.365 e. The molecular formula is C15H23N3O3S. The van der Waals surface area contributed by atoms with E-state index in [1.165, 1.54) is 11.3 Å². The van der Waals surface area contributed by atoms with Crippen LogP contribution in [-0.4, -0.2) is 54.0 Å². The summed E-state index contributed by atoms with van der Waals surface area (Å²) in [6, 6.07) is 0. The van der Waals surface area contributed by atoms with E-state index < -0.39 is 0 Å². The summed E-state index contributed by atoms with van der Waals surface area (Å²) in [5.74, 6) is 0.310. The molecule has 122 valence electrons. The standard InChI is InChI=1S/C15H23N3O3S/c1-9(2)6-18-7-12(21-8-13(18)19)5-16-15(20)14-10(3)17-11(4)22-14/h9,12H,5-8H2,1-4H3,(H,16,20). The maximum Gasteiger partial charge on any atom is 0.263 e. The first-order valence-corrected chi connectivity index (χ1v) is 8.30. The van der Waals surface area contributed by atoms with Crippen molar-refractivity contribution >= 4 is 23.2 Å². The van der Waals surface area contributed by atoms with Crippen LogP contribution in [0.1, 0.15) is 34.2 Å². The summed E-state index contributed by atoms with van der Waals surface area (Å²) in [6.07, 6.45) is -0.158. The lowest BCUT2D eigenvalue weighted by atomic mass is 10.1. The number of hydrogen-bond acceptors (Lipinski definition) is 5. The van der Waals surface area contributed by atoms with Gasteiger partial charge in [-0.25, -0.2) is 4.98 Å². The molecule has 1 aromatic rings. The fraction of sp³-hybridized carbons (Fsp3) is 0.667. The van der Waals surface area contributed by atoms with Gasteiger partial charge >= 0.3 is 0 Å². The minimum Gasteiger partial charge on any atom is -0.365 e. The van der Waals surface area contributed by atoms with Crippen molar-refractivity contribution in [3.8, 4) is 0 Å². The fourth-order valence-corrected chi connectivity index (χ4v) is 3.29. The topological polar surface area (TPSA) is 71.5 Å². The molecule has 1 saturated heterocycles. The molecule has 1 aromatic heterocycles. The lowest BCUT2D eigenvalue weighted by molar-refractivity contribution is -0.149. The Labute approximate surface area is 134 Å². The Morgan fingerprint density at radius 1 is 1.50 bits per heavy atom. The highest BCUT2D eigenvalue weighted by Gasteiger charge is 2.27. The number of aromatic nitrogens is 1. The molecule has 1 atom stereocenters. The van der Waals surface area contributed by atoms with E-state index in [1.54, 1.807) is 0 Å².